The molecule has 0 atom stereocenters. The Morgan fingerprint density at radius 3 is 2.73 bits per heavy atom. The number of carbonyl (C=O) groups is 2. The molecule has 0 aliphatic carbocycles. The summed E-state index contributed by atoms with van der Waals surface area (Å²) < 4.78 is 0. The molecule has 80 valence electrons. The molecule has 2 amide bonds. The van der Waals surface area contributed by atoms with Crippen molar-refractivity contribution in [2.75, 3.05) is 13.2 Å². The van der Waals surface area contributed by atoms with Crippen LogP contribution in [0.5, 0.6) is 0 Å². The molecule has 1 aliphatic heterocycles. The monoisotopic (exact) mass is 226 g/mol. The van der Waals surface area contributed by atoms with Gasteiger partial charge in [0.2, 0.25) is 0 Å². The number of rotatable bonds is 3. The van der Waals surface area contributed by atoms with Gasteiger partial charge in [-0.3, -0.25) is 19.8 Å². The second-order valence-corrected chi connectivity index (χ2v) is 3.15. The molecule has 1 saturated heterocycles. The molecule has 0 aromatic carbocycles. The number of aliphatic hydroxyl groups is 1. The molecule has 15 heavy (non-hydrogen) atoms. The Kier molecular flexibility index (Phi) is 3.70. The summed E-state index contributed by atoms with van der Waals surface area (Å²) in [6.45, 7) is 3.33. The largest absolute Gasteiger partial charge is 0.392 e. The third kappa shape index (κ3) is 2.28. The first kappa shape index (κ1) is 11.5. The van der Waals surface area contributed by atoms with E-state index in [9.17, 15) is 9.59 Å². The molecular formula is C9H10N2O3S. The summed E-state index contributed by atoms with van der Waals surface area (Å²) >= 11 is 4.82. The number of aliphatic hydroxyl groups excluding tert-OH is 1. The van der Waals surface area contributed by atoms with Crippen molar-refractivity contribution in [3.05, 3.63) is 24.3 Å². The van der Waals surface area contributed by atoms with Crippen LogP contribution in [-0.4, -0.2) is 40.1 Å². The average molecular weight is 226 g/mol. The van der Waals surface area contributed by atoms with E-state index in [0.29, 0.717) is 0 Å². The Morgan fingerprint density at radius 1 is 1.53 bits per heavy atom. The molecule has 0 saturated carbocycles. The fourth-order valence-electron chi connectivity index (χ4n) is 1.13. The Hall–Kier alpha value is -1.53. The van der Waals surface area contributed by atoms with E-state index in [1.54, 1.807) is 0 Å². The first-order valence-corrected chi connectivity index (χ1v) is 4.61. The maximum Gasteiger partial charge on any atom is 0.265 e. The van der Waals surface area contributed by atoms with Crippen LogP contribution in [0.25, 0.3) is 0 Å². The lowest BCUT2D eigenvalue weighted by Gasteiger charge is -2.27. The average Bonchev–Trinajstić information content (AvgIpc) is 2.19. The summed E-state index contributed by atoms with van der Waals surface area (Å²) in [4.78, 5) is 24.2. The Labute approximate surface area is 92.1 Å². The van der Waals surface area contributed by atoms with Crippen molar-refractivity contribution in [3.63, 3.8) is 0 Å². The van der Waals surface area contributed by atoms with Gasteiger partial charge in [0, 0.05) is 6.54 Å². The number of amides is 2. The molecule has 2 N–H and O–H groups in total. The maximum absolute atomic E-state index is 11.7. The fourth-order valence-corrected chi connectivity index (χ4v) is 1.38. The van der Waals surface area contributed by atoms with E-state index >= 15 is 0 Å². The molecule has 0 aromatic rings. The molecule has 0 aromatic heterocycles. The van der Waals surface area contributed by atoms with Crippen LogP contribution in [0.3, 0.4) is 0 Å². The van der Waals surface area contributed by atoms with Gasteiger partial charge in [-0.1, -0.05) is 6.08 Å². The summed E-state index contributed by atoms with van der Waals surface area (Å²) in [5, 5.41) is 11.1. The lowest BCUT2D eigenvalue weighted by atomic mass is 10.1. The number of hydrogen-bond donors (Lipinski definition) is 2. The van der Waals surface area contributed by atoms with Gasteiger partial charge in [-0.25, -0.2) is 0 Å². The van der Waals surface area contributed by atoms with E-state index in [4.69, 9.17) is 17.3 Å². The van der Waals surface area contributed by atoms with Gasteiger partial charge in [-0.05, 0) is 18.3 Å². The van der Waals surface area contributed by atoms with Gasteiger partial charge in [0.05, 0.1) is 6.61 Å². The molecule has 0 unspecified atom stereocenters. The maximum atomic E-state index is 11.7. The third-order valence-corrected chi connectivity index (χ3v) is 2.12. The van der Waals surface area contributed by atoms with Crippen molar-refractivity contribution >= 4 is 29.1 Å². The van der Waals surface area contributed by atoms with Crippen molar-refractivity contribution in [2.45, 2.75) is 0 Å². The minimum absolute atomic E-state index is 0.0555. The minimum atomic E-state index is -0.584. The van der Waals surface area contributed by atoms with Crippen LogP contribution in [0.4, 0.5) is 0 Å². The van der Waals surface area contributed by atoms with Crippen LogP contribution >= 0.6 is 12.2 Å². The first-order valence-electron chi connectivity index (χ1n) is 4.21. The Balaban J connectivity index is 2.99. The van der Waals surface area contributed by atoms with Crippen LogP contribution in [-0.2, 0) is 9.59 Å². The van der Waals surface area contributed by atoms with E-state index in [1.807, 2.05) is 0 Å². The fraction of sp³-hybridized carbons (Fsp3) is 0.222. The van der Waals surface area contributed by atoms with Crippen molar-refractivity contribution < 1.29 is 14.7 Å². The van der Waals surface area contributed by atoms with E-state index in [2.05, 4.69) is 11.9 Å². The zero-order valence-corrected chi connectivity index (χ0v) is 8.71. The number of nitrogens with one attached hydrogen (secondary N) is 1. The van der Waals surface area contributed by atoms with Gasteiger partial charge >= 0.3 is 0 Å². The SMILES string of the molecule is C=CCN1C(=O)/C(=C/CO)C(=O)NC1=S. The molecule has 1 aliphatic rings. The second-order valence-electron chi connectivity index (χ2n) is 2.76. The van der Waals surface area contributed by atoms with Gasteiger partial charge in [-0.15, -0.1) is 6.58 Å². The highest BCUT2D eigenvalue weighted by molar-refractivity contribution is 7.80. The summed E-state index contributed by atoms with van der Waals surface area (Å²) in [6, 6.07) is 0. The summed E-state index contributed by atoms with van der Waals surface area (Å²) in [5.41, 5.74) is -0.104. The number of carbonyl (C=O) groups excluding carboxylic acids is 2. The summed E-state index contributed by atoms with van der Waals surface area (Å²) in [6.07, 6.45) is 2.65. The van der Waals surface area contributed by atoms with Crippen LogP contribution < -0.4 is 5.32 Å². The van der Waals surface area contributed by atoms with Crippen LogP contribution in [0.2, 0.25) is 0 Å². The topological polar surface area (TPSA) is 69.6 Å². The highest BCUT2D eigenvalue weighted by Crippen LogP contribution is 2.09. The lowest BCUT2D eigenvalue weighted by molar-refractivity contribution is -0.128. The van der Waals surface area contributed by atoms with E-state index in [-0.39, 0.29) is 23.8 Å². The van der Waals surface area contributed by atoms with Crippen LogP contribution in [0.15, 0.2) is 24.3 Å². The van der Waals surface area contributed by atoms with Crippen molar-refractivity contribution in [1.29, 1.82) is 0 Å². The second kappa shape index (κ2) is 4.81. The normalized spacial score (nSPS) is 19.4. The van der Waals surface area contributed by atoms with Gasteiger partial charge < -0.3 is 5.11 Å². The van der Waals surface area contributed by atoms with Gasteiger partial charge in [0.1, 0.15) is 5.57 Å². The molecule has 0 spiro atoms. The number of thiocarbonyl (C=S) groups is 1. The van der Waals surface area contributed by atoms with E-state index < -0.39 is 11.8 Å². The standard InChI is InChI=1S/C9H10N2O3S/c1-2-4-11-8(14)6(3-5-12)7(13)10-9(11)15/h2-3,12H,1,4-5H2,(H,10,13,15)/b6-3+. The van der Waals surface area contributed by atoms with Gasteiger partial charge in [-0.2, -0.15) is 0 Å². The van der Waals surface area contributed by atoms with Crippen molar-refractivity contribution in [2.24, 2.45) is 0 Å². The highest BCUT2D eigenvalue weighted by atomic mass is 32.1. The Bertz CT molecular complexity index is 362. The molecule has 1 fully saturated rings. The van der Waals surface area contributed by atoms with Crippen LogP contribution in [0.1, 0.15) is 0 Å². The number of nitrogens with zero attached hydrogens (tertiary/aromatic N) is 1. The molecule has 0 bridgehead atoms. The molecular weight excluding hydrogens is 216 g/mol. The first-order chi connectivity index (χ1) is 7.11. The molecule has 1 heterocycles. The van der Waals surface area contributed by atoms with E-state index in [0.717, 1.165) is 6.08 Å². The summed E-state index contributed by atoms with van der Waals surface area (Å²) in [7, 11) is 0. The molecule has 5 nitrogen and oxygen atoms in total. The third-order valence-electron chi connectivity index (χ3n) is 1.79. The predicted octanol–water partition coefficient (Wildman–Crippen LogP) is -0.666. The van der Waals surface area contributed by atoms with E-state index in [1.165, 1.54) is 11.0 Å². The molecule has 6 heteroatoms. The quantitative estimate of drug-likeness (QED) is 0.290. The highest BCUT2D eigenvalue weighted by Gasteiger charge is 2.32. The predicted molar refractivity (Wildman–Crippen MR) is 57.8 cm³/mol. The van der Waals surface area contributed by atoms with Gasteiger partial charge in [0.25, 0.3) is 11.8 Å². The molecule has 0 radical (unpaired) electrons. The van der Waals surface area contributed by atoms with Crippen LogP contribution in [0, 0.1) is 0 Å². The minimum Gasteiger partial charge on any atom is -0.392 e. The summed E-state index contributed by atoms with van der Waals surface area (Å²) in [5.74, 6) is -1.10. The number of hydrogen-bond acceptors (Lipinski definition) is 4. The lowest BCUT2D eigenvalue weighted by Crippen LogP contribution is -2.54. The Morgan fingerprint density at radius 2 is 2.20 bits per heavy atom. The molecule has 1 rings (SSSR count). The smallest absolute Gasteiger partial charge is 0.265 e. The zero-order valence-electron chi connectivity index (χ0n) is 7.90. The zero-order chi connectivity index (χ0) is 11.4. The van der Waals surface area contributed by atoms with Crippen molar-refractivity contribution in [1.82, 2.24) is 10.2 Å². The van der Waals surface area contributed by atoms with Crippen molar-refractivity contribution in [3.8, 4) is 0 Å². The van der Waals surface area contributed by atoms with Gasteiger partial charge in [0.15, 0.2) is 5.11 Å².